The fourth-order valence-electron chi connectivity index (χ4n) is 1.87. The number of halogens is 1. The number of ether oxygens (including phenoxy) is 1. The molecule has 6 heteroatoms. The maximum Gasteiger partial charge on any atom is 0.417 e. The van der Waals surface area contributed by atoms with Gasteiger partial charge in [0.25, 0.3) is 0 Å². The van der Waals surface area contributed by atoms with Crippen molar-refractivity contribution in [2.45, 2.75) is 6.92 Å². The number of aryl methyl sites for hydroxylation is 1. The van der Waals surface area contributed by atoms with Gasteiger partial charge < -0.3 is 9.15 Å². The number of anilines is 1. The molecule has 3 aromatic rings. The number of nitrogens with zero attached hydrogens (tertiary/aromatic N) is 1. The Morgan fingerprint density at radius 2 is 2.00 bits per heavy atom. The summed E-state index contributed by atoms with van der Waals surface area (Å²) >= 11 is 5.78. The molecule has 1 aromatic heterocycles. The molecule has 0 fully saturated rings. The fourth-order valence-corrected chi connectivity index (χ4v) is 1.99. The summed E-state index contributed by atoms with van der Waals surface area (Å²) in [5.41, 5.74) is 1.89. The lowest BCUT2D eigenvalue weighted by atomic mass is 10.3. The van der Waals surface area contributed by atoms with Crippen LogP contribution in [0.5, 0.6) is 5.75 Å². The van der Waals surface area contributed by atoms with Crippen LogP contribution in [-0.2, 0) is 0 Å². The Morgan fingerprint density at radius 3 is 2.76 bits per heavy atom. The number of aromatic nitrogens is 1. The Hall–Kier alpha value is -2.53. The molecule has 0 saturated heterocycles. The van der Waals surface area contributed by atoms with Gasteiger partial charge in [0.2, 0.25) is 0 Å². The van der Waals surface area contributed by atoms with Gasteiger partial charge in [-0.3, -0.25) is 5.32 Å². The summed E-state index contributed by atoms with van der Waals surface area (Å²) in [6, 6.07) is 11.7. The van der Waals surface area contributed by atoms with Crippen LogP contribution in [0.25, 0.3) is 11.1 Å². The summed E-state index contributed by atoms with van der Waals surface area (Å²) in [6.45, 7) is 1.76. The second-order valence-electron chi connectivity index (χ2n) is 4.38. The number of hydrogen-bond acceptors (Lipinski definition) is 4. The standard InChI is InChI=1S/C15H11ClN2O3/c1-9-17-13-7-6-12(8-14(13)20-9)21-15(19)18-11-4-2-10(16)3-5-11/h2-8H,1H3,(H,18,19). The van der Waals surface area contributed by atoms with Gasteiger partial charge >= 0.3 is 6.09 Å². The van der Waals surface area contributed by atoms with E-state index in [0.717, 1.165) is 5.52 Å². The third kappa shape index (κ3) is 3.14. The first kappa shape index (κ1) is 13.5. The summed E-state index contributed by atoms with van der Waals surface area (Å²) in [5, 5.41) is 3.20. The minimum absolute atomic E-state index is 0.380. The quantitative estimate of drug-likeness (QED) is 0.762. The number of rotatable bonds is 2. The van der Waals surface area contributed by atoms with Crippen molar-refractivity contribution in [2.75, 3.05) is 5.32 Å². The van der Waals surface area contributed by atoms with Crippen molar-refractivity contribution in [3.63, 3.8) is 0 Å². The number of carbonyl (C=O) groups excluding carboxylic acids is 1. The van der Waals surface area contributed by atoms with E-state index in [4.69, 9.17) is 20.8 Å². The lowest BCUT2D eigenvalue weighted by Crippen LogP contribution is -2.16. The molecule has 3 rings (SSSR count). The molecule has 0 saturated carbocycles. The van der Waals surface area contributed by atoms with E-state index < -0.39 is 6.09 Å². The SMILES string of the molecule is Cc1nc2ccc(OC(=O)Nc3ccc(Cl)cc3)cc2o1. The van der Waals surface area contributed by atoms with E-state index in [1.807, 2.05) is 0 Å². The summed E-state index contributed by atoms with van der Waals surface area (Å²) in [6.07, 6.45) is -0.590. The minimum Gasteiger partial charge on any atom is -0.441 e. The molecular weight excluding hydrogens is 292 g/mol. The highest BCUT2D eigenvalue weighted by Gasteiger charge is 2.08. The molecular formula is C15H11ClN2O3. The van der Waals surface area contributed by atoms with Crippen molar-refractivity contribution in [1.82, 2.24) is 4.98 Å². The summed E-state index contributed by atoms with van der Waals surface area (Å²) in [5.74, 6) is 0.942. The van der Waals surface area contributed by atoms with Crippen molar-refractivity contribution in [3.05, 3.63) is 53.4 Å². The van der Waals surface area contributed by atoms with Crippen molar-refractivity contribution < 1.29 is 13.9 Å². The van der Waals surface area contributed by atoms with Crippen LogP contribution in [-0.4, -0.2) is 11.1 Å². The van der Waals surface area contributed by atoms with Gasteiger partial charge in [0, 0.05) is 23.7 Å². The van der Waals surface area contributed by atoms with Crippen LogP contribution >= 0.6 is 11.6 Å². The van der Waals surface area contributed by atoms with Gasteiger partial charge in [-0.25, -0.2) is 9.78 Å². The molecule has 1 heterocycles. The molecule has 0 unspecified atom stereocenters. The van der Waals surface area contributed by atoms with Crippen LogP contribution in [0.3, 0.4) is 0 Å². The maximum absolute atomic E-state index is 11.8. The molecule has 0 aliphatic heterocycles. The lowest BCUT2D eigenvalue weighted by molar-refractivity contribution is 0.215. The van der Waals surface area contributed by atoms with Gasteiger partial charge in [0.15, 0.2) is 11.5 Å². The molecule has 0 spiro atoms. The molecule has 0 aliphatic carbocycles. The van der Waals surface area contributed by atoms with Crippen molar-refractivity contribution >= 4 is 34.5 Å². The summed E-state index contributed by atoms with van der Waals surface area (Å²) in [7, 11) is 0. The lowest BCUT2D eigenvalue weighted by Gasteiger charge is -2.06. The Balaban J connectivity index is 1.71. The monoisotopic (exact) mass is 302 g/mol. The molecule has 0 aliphatic rings. The van der Waals surface area contributed by atoms with Gasteiger partial charge in [-0.15, -0.1) is 0 Å². The van der Waals surface area contributed by atoms with Gasteiger partial charge in [-0.1, -0.05) is 11.6 Å². The third-order valence-electron chi connectivity index (χ3n) is 2.77. The second kappa shape index (κ2) is 5.46. The van der Waals surface area contributed by atoms with Crippen molar-refractivity contribution in [1.29, 1.82) is 0 Å². The first-order chi connectivity index (χ1) is 10.1. The van der Waals surface area contributed by atoms with Gasteiger partial charge in [-0.05, 0) is 36.4 Å². The zero-order valence-electron chi connectivity index (χ0n) is 11.1. The van der Waals surface area contributed by atoms with Crippen LogP contribution in [0.4, 0.5) is 10.5 Å². The number of carbonyl (C=O) groups is 1. The van der Waals surface area contributed by atoms with Gasteiger partial charge in [-0.2, -0.15) is 0 Å². The van der Waals surface area contributed by atoms with Crippen LogP contribution in [0.1, 0.15) is 5.89 Å². The molecule has 106 valence electrons. The van der Waals surface area contributed by atoms with Crippen LogP contribution in [0.15, 0.2) is 46.9 Å². The van der Waals surface area contributed by atoms with Crippen LogP contribution in [0.2, 0.25) is 5.02 Å². The fraction of sp³-hybridized carbons (Fsp3) is 0.0667. The smallest absolute Gasteiger partial charge is 0.417 e. The summed E-state index contributed by atoms with van der Waals surface area (Å²) < 4.78 is 10.6. The second-order valence-corrected chi connectivity index (χ2v) is 4.82. The average molecular weight is 303 g/mol. The van der Waals surface area contributed by atoms with E-state index >= 15 is 0 Å². The minimum atomic E-state index is -0.590. The zero-order chi connectivity index (χ0) is 14.8. The van der Waals surface area contributed by atoms with Gasteiger partial charge in [0.1, 0.15) is 11.3 Å². The molecule has 1 N–H and O–H groups in total. The number of fused-ring (bicyclic) bond motifs is 1. The predicted molar refractivity (Wildman–Crippen MR) is 79.8 cm³/mol. The van der Waals surface area contributed by atoms with Crippen LogP contribution in [0, 0.1) is 6.92 Å². The molecule has 0 atom stereocenters. The maximum atomic E-state index is 11.8. The number of nitrogens with one attached hydrogen (secondary N) is 1. The molecule has 0 radical (unpaired) electrons. The molecule has 5 nitrogen and oxygen atoms in total. The average Bonchev–Trinajstić information content (AvgIpc) is 2.80. The molecule has 21 heavy (non-hydrogen) atoms. The largest absolute Gasteiger partial charge is 0.441 e. The van der Waals surface area contributed by atoms with Crippen molar-refractivity contribution in [2.24, 2.45) is 0 Å². The molecule has 0 bridgehead atoms. The topological polar surface area (TPSA) is 64.4 Å². The van der Waals surface area contributed by atoms with Crippen molar-refractivity contribution in [3.8, 4) is 5.75 Å². The van der Waals surface area contributed by atoms with E-state index in [1.165, 1.54) is 0 Å². The highest BCUT2D eigenvalue weighted by atomic mass is 35.5. The normalized spacial score (nSPS) is 10.6. The highest BCUT2D eigenvalue weighted by Crippen LogP contribution is 2.22. The zero-order valence-corrected chi connectivity index (χ0v) is 11.8. The number of oxazole rings is 1. The number of amides is 1. The van der Waals surface area contributed by atoms with Gasteiger partial charge in [0.05, 0.1) is 0 Å². The first-order valence-electron chi connectivity index (χ1n) is 6.22. The van der Waals surface area contributed by atoms with E-state index in [9.17, 15) is 4.79 Å². The number of benzene rings is 2. The Kier molecular flexibility index (Phi) is 3.50. The Labute approximate surface area is 125 Å². The first-order valence-corrected chi connectivity index (χ1v) is 6.59. The molecule has 1 amide bonds. The Morgan fingerprint density at radius 1 is 1.24 bits per heavy atom. The van der Waals surface area contributed by atoms with E-state index in [2.05, 4.69) is 10.3 Å². The molecule has 2 aromatic carbocycles. The predicted octanol–water partition coefficient (Wildman–Crippen LogP) is 4.40. The van der Waals surface area contributed by atoms with Crippen LogP contribution < -0.4 is 10.1 Å². The van der Waals surface area contributed by atoms with E-state index in [0.29, 0.717) is 27.9 Å². The summed E-state index contributed by atoms with van der Waals surface area (Å²) in [4.78, 5) is 16.0. The third-order valence-corrected chi connectivity index (χ3v) is 3.02. The number of hydrogen-bond donors (Lipinski definition) is 1. The Bertz CT molecular complexity index is 796. The van der Waals surface area contributed by atoms with E-state index in [1.54, 1.807) is 49.4 Å². The van der Waals surface area contributed by atoms with E-state index in [-0.39, 0.29) is 0 Å². The highest BCUT2D eigenvalue weighted by molar-refractivity contribution is 6.30.